The van der Waals surface area contributed by atoms with Gasteiger partial charge in [-0.05, 0) is 34.7 Å². The zero-order chi connectivity index (χ0) is 12.9. The van der Waals surface area contributed by atoms with Gasteiger partial charge in [-0.25, -0.2) is 4.98 Å². The van der Waals surface area contributed by atoms with E-state index in [0.29, 0.717) is 5.75 Å². The van der Waals surface area contributed by atoms with E-state index in [9.17, 15) is 0 Å². The van der Waals surface area contributed by atoms with E-state index < -0.39 is 0 Å². The molecule has 0 unspecified atom stereocenters. The van der Waals surface area contributed by atoms with Gasteiger partial charge >= 0.3 is 0 Å². The van der Waals surface area contributed by atoms with Crippen molar-refractivity contribution in [1.29, 1.82) is 0 Å². The average Bonchev–Trinajstić information content (AvgIpc) is 2.95. The van der Waals surface area contributed by atoms with Gasteiger partial charge in [0.05, 0.1) is 16.5 Å². The molecule has 0 radical (unpaired) electrons. The summed E-state index contributed by atoms with van der Waals surface area (Å²) < 4.78 is 1.75. The number of aromatic nitrogens is 5. The van der Waals surface area contributed by atoms with E-state index >= 15 is 0 Å². The standard InChI is InChI=1S/C13H11N5S/c1-2-6-11(7-3-1)18-12(15-16-17-18)10-19-13-8-4-5-9-14-13/h1-9H,10H2. The maximum atomic E-state index is 4.27. The van der Waals surface area contributed by atoms with Gasteiger partial charge in [0.2, 0.25) is 0 Å². The quantitative estimate of drug-likeness (QED) is 0.680. The van der Waals surface area contributed by atoms with Crippen LogP contribution in [0.25, 0.3) is 5.69 Å². The monoisotopic (exact) mass is 269 g/mol. The summed E-state index contributed by atoms with van der Waals surface area (Å²) in [6.07, 6.45) is 1.78. The number of hydrogen-bond donors (Lipinski definition) is 0. The zero-order valence-electron chi connectivity index (χ0n) is 10.0. The molecule has 1 aromatic carbocycles. The molecule has 19 heavy (non-hydrogen) atoms. The van der Waals surface area contributed by atoms with Gasteiger partial charge in [0.25, 0.3) is 0 Å². The fraction of sp³-hybridized carbons (Fsp3) is 0.0769. The van der Waals surface area contributed by atoms with E-state index in [-0.39, 0.29) is 0 Å². The van der Waals surface area contributed by atoms with Gasteiger partial charge in [0.1, 0.15) is 0 Å². The van der Waals surface area contributed by atoms with Crippen LogP contribution in [0.1, 0.15) is 5.82 Å². The van der Waals surface area contributed by atoms with E-state index in [2.05, 4.69) is 20.5 Å². The molecule has 0 fully saturated rings. The van der Waals surface area contributed by atoms with Crippen molar-refractivity contribution in [1.82, 2.24) is 25.2 Å². The van der Waals surface area contributed by atoms with E-state index in [1.807, 2.05) is 48.5 Å². The Morgan fingerprint density at radius 1 is 1.00 bits per heavy atom. The molecular weight excluding hydrogens is 258 g/mol. The van der Waals surface area contributed by atoms with Crippen LogP contribution in [0.2, 0.25) is 0 Å². The number of para-hydroxylation sites is 1. The molecule has 2 aromatic heterocycles. The molecule has 0 amide bonds. The van der Waals surface area contributed by atoms with Crippen LogP contribution in [0.15, 0.2) is 59.8 Å². The summed E-state index contributed by atoms with van der Waals surface area (Å²) >= 11 is 1.61. The first kappa shape index (κ1) is 11.9. The molecular formula is C13H11N5S. The molecule has 0 N–H and O–H groups in total. The molecule has 2 heterocycles. The Labute approximate surface area is 114 Å². The Kier molecular flexibility index (Phi) is 3.51. The van der Waals surface area contributed by atoms with Crippen LogP contribution in [0, 0.1) is 0 Å². The molecule has 5 nitrogen and oxygen atoms in total. The second-order valence-electron chi connectivity index (χ2n) is 3.80. The first-order valence-electron chi connectivity index (χ1n) is 5.80. The Bertz CT molecular complexity index is 638. The van der Waals surface area contributed by atoms with Gasteiger partial charge in [-0.3, -0.25) is 0 Å². The number of hydrogen-bond acceptors (Lipinski definition) is 5. The largest absolute Gasteiger partial charge is 0.250 e. The van der Waals surface area contributed by atoms with Gasteiger partial charge < -0.3 is 0 Å². The summed E-state index contributed by atoms with van der Waals surface area (Å²) in [4.78, 5) is 4.27. The fourth-order valence-electron chi connectivity index (χ4n) is 1.64. The lowest BCUT2D eigenvalue weighted by molar-refractivity contribution is 0.777. The molecule has 3 rings (SSSR count). The van der Waals surface area contributed by atoms with E-state index in [0.717, 1.165) is 16.5 Å². The molecule has 0 saturated heterocycles. The van der Waals surface area contributed by atoms with Crippen LogP contribution in [0.4, 0.5) is 0 Å². The first-order valence-corrected chi connectivity index (χ1v) is 6.78. The predicted molar refractivity (Wildman–Crippen MR) is 73.0 cm³/mol. The van der Waals surface area contributed by atoms with Crippen molar-refractivity contribution < 1.29 is 0 Å². The average molecular weight is 269 g/mol. The summed E-state index contributed by atoms with van der Waals surface area (Å²) in [6, 6.07) is 15.7. The van der Waals surface area contributed by atoms with Crippen LogP contribution in [0.5, 0.6) is 0 Å². The SMILES string of the molecule is c1ccc(-n2nnnc2CSc2ccccn2)cc1. The van der Waals surface area contributed by atoms with Gasteiger partial charge in [-0.15, -0.1) is 5.10 Å². The number of thioether (sulfide) groups is 1. The van der Waals surface area contributed by atoms with Crippen LogP contribution in [-0.2, 0) is 5.75 Å². The topological polar surface area (TPSA) is 56.5 Å². The third-order valence-electron chi connectivity index (χ3n) is 2.52. The summed E-state index contributed by atoms with van der Waals surface area (Å²) in [6.45, 7) is 0. The number of tetrazole rings is 1. The molecule has 0 spiro atoms. The fourth-order valence-corrected chi connectivity index (χ4v) is 2.40. The molecule has 3 aromatic rings. The van der Waals surface area contributed by atoms with Crippen LogP contribution < -0.4 is 0 Å². The van der Waals surface area contributed by atoms with Crippen molar-refractivity contribution in [3.8, 4) is 5.69 Å². The van der Waals surface area contributed by atoms with Gasteiger partial charge in [0.15, 0.2) is 5.82 Å². The highest BCUT2D eigenvalue weighted by atomic mass is 32.2. The molecule has 6 heteroatoms. The van der Waals surface area contributed by atoms with E-state index in [1.54, 1.807) is 22.6 Å². The molecule has 0 aliphatic heterocycles. The van der Waals surface area contributed by atoms with Gasteiger partial charge in [-0.1, -0.05) is 36.0 Å². The van der Waals surface area contributed by atoms with E-state index in [4.69, 9.17) is 0 Å². The van der Waals surface area contributed by atoms with Crippen LogP contribution >= 0.6 is 11.8 Å². The van der Waals surface area contributed by atoms with Crippen molar-refractivity contribution in [2.45, 2.75) is 10.8 Å². The van der Waals surface area contributed by atoms with Crippen molar-refractivity contribution >= 4 is 11.8 Å². The van der Waals surface area contributed by atoms with Crippen molar-refractivity contribution in [2.75, 3.05) is 0 Å². The summed E-state index contributed by atoms with van der Waals surface area (Å²) in [5.41, 5.74) is 0.962. The Morgan fingerprint density at radius 2 is 1.84 bits per heavy atom. The van der Waals surface area contributed by atoms with Crippen LogP contribution in [-0.4, -0.2) is 25.2 Å². The maximum Gasteiger partial charge on any atom is 0.166 e. The minimum absolute atomic E-state index is 0.679. The summed E-state index contributed by atoms with van der Waals surface area (Å²) in [5.74, 6) is 1.49. The summed E-state index contributed by atoms with van der Waals surface area (Å²) in [5, 5.41) is 12.8. The second-order valence-corrected chi connectivity index (χ2v) is 4.79. The Hall–Kier alpha value is -2.21. The van der Waals surface area contributed by atoms with E-state index in [1.165, 1.54) is 0 Å². The number of benzene rings is 1. The number of pyridine rings is 1. The van der Waals surface area contributed by atoms with Crippen molar-refractivity contribution in [2.24, 2.45) is 0 Å². The van der Waals surface area contributed by atoms with Crippen molar-refractivity contribution in [3.63, 3.8) is 0 Å². The third kappa shape index (κ3) is 2.79. The van der Waals surface area contributed by atoms with Crippen LogP contribution in [0.3, 0.4) is 0 Å². The lowest BCUT2D eigenvalue weighted by atomic mass is 10.3. The summed E-state index contributed by atoms with van der Waals surface area (Å²) in [7, 11) is 0. The molecule has 0 aliphatic rings. The lowest BCUT2D eigenvalue weighted by Crippen LogP contribution is -2.01. The normalized spacial score (nSPS) is 10.5. The molecule has 0 aliphatic carbocycles. The molecule has 94 valence electrons. The Morgan fingerprint density at radius 3 is 2.63 bits per heavy atom. The smallest absolute Gasteiger partial charge is 0.166 e. The highest BCUT2D eigenvalue weighted by Crippen LogP contribution is 2.19. The number of nitrogens with zero attached hydrogens (tertiary/aromatic N) is 5. The Balaban J connectivity index is 1.78. The number of rotatable bonds is 4. The maximum absolute atomic E-state index is 4.27. The first-order chi connectivity index (χ1) is 9.43. The van der Waals surface area contributed by atoms with Gasteiger partial charge in [0, 0.05) is 6.20 Å². The minimum Gasteiger partial charge on any atom is -0.250 e. The highest BCUT2D eigenvalue weighted by molar-refractivity contribution is 7.98. The molecule has 0 atom stereocenters. The third-order valence-corrected chi connectivity index (χ3v) is 3.46. The minimum atomic E-state index is 0.679. The zero-order valence-corrected chi connectivity index (χ0v) is 10.9. The predicted octanol–water partition coefficient (Wildman–Crippen LogP) is 2.35. The lowest BCUT2D eigenvalue weighted by Gasteiger charge is -2.03. The van der Waals surface area contributed by atoms with Crippen molar-refractivity contribution in [3.05, 3.63) is 60.6 Å². The highest BCUT2D eigenvalue weighted by Gasteiger charge is 2.08. The second kappa shape index (κ2) is 5.62. The van der Waals surface area contributed by atoms with Gasteiger partial charge in [-0.2, -0.15) is 4.68 Å². The molecule has 0 bridgehead atoms. The molecule has 0 saturated carbocycles.